The number of halogens is 2. The van der Waals surface area contributed by atoms with Gasteiger partial charge in [-0.3, -0.25) is 4.79 Å². The lowest BCUT2D eigenvalue weighted by molar-refractivity contribution is -0.122. The van der Waals surface area contributed by atoms with Crippen molar-refractivity contribution in [3.63, 3.8) is 0 Å². The van der Waals surface area contributed by atoms with Crippen LogP contribution in [0.4, 0.5) is 4.39 Å². The van der Waals surface area contributed by atoms with Gasteiger partial charge in [0.2, 0.25) is 5.91 Å². The largest absolute Gasteiger partial charge is 0.392 e. The molecule has 19 heavy (non-hydrogen) atoms. The van der Waals surface area contributed by atoms with E-state index in [1.54, 1.807) is 6.07 Å². The zero-order valence-corrected chi connectivity index (χ0v) is 11.3. The first-order valence-corrected chi connectivity index (χ1v) is 6.10. The minimum Gasteiger partial charge on any atom is -0.392 e. The molecule has 2 rings (SSSR count). The number of benzene rings is 1. The van der Waals surface area contributed by atoms with E-state index in [4.69, 9.17) is 5.11 Å². The number of hydrogen-bond acceptors (Lipinski definition) is 3. The molecular weight excluding hydrogens is 271 g/mol. The number of hydrogen-bond donors (Lipinski definition) is 3. The van der Waals surface area contributed by atoms with Crippen LogP contribution in [0.3, 0.4) is 0 Å². The smallest absolute Gasteiger partial charge is 0.237 e. The lowest BCUT2D eigenvalue weighted by atomic mass is 10.1. The van der Waals surface area contributed by atoms with E-state index in [1.807, 2.05) is 0 Å². The van der Waals surface area contributed by atoms with E-state index in [0.717, 1.165) is 19.4 Å². The van der Waals surface area contributed by atoms with Gasteiger partial charge in [0.1, 0.15) is 5.82 Å². The van der Waals surface area contributed by atoms with Crippen LogP contribution in [0.1, 0.15) is 24.0 Å². The Morgan fingerprint density at radius 1 is 1.53 bits per heavy atom. The maximum atomic E-state index is 13.4. The number of aliphatic hydroxyl groups excluding tert-OH is 1. The van der Waals surface area contributed by atoms with E-state index in [-0.39, 0.29) is 36.5 Å². The molecule has 3 N–H and O–H groups in total. The Balaban J connectivity index is 0.00000180. The number of amides is 1. The summed E-state index contributed by atoms with van der Waals surface area (Å²) in [5.74, 6) is -0.484. The van der Waals surface area contributed by atoms with Gasteiger partial charge in [0.05, 0.1) is 12.6 Å². The zero-order chi connectivity index (χ0) is 13.0. The lowest BCUT2D eigenvalue weighted by Gasteiger charge is -2.11. The first kappa shape index (κ1) is 15.9. The van der Waals surface area contributed by atoms with Gasteiger partial charge in [-0.2, -0.15) is 0 Å². The molecule has 1 atom stereocenters. The predicted molar refractivity (Wildman–Crippen MR) is 72.4 cm³/mol. The molecule has 106 valence electrons. The Morgan fingerprint density at radius 3 is 2.89 bits per heavy atom. The molecule has 0 aliphatic carbocycles. The third-order valence-corrected chi connectivity index (χ3v) is 3.13. The first-order valence-electron chi connectivity index (χ1n) is 6.10. The van der Waals surface area contributed by atoms with Crippen LogP contribution in [0.2, 0.25) is 0 Å². The summed E-state index contributed by atoms with van der Waals surface area (Å²) in [6, 6.07) is 4.46. The van der Waals surface area contributed by atoms with Gasteiger partial charge in [0, 0.05) is 12.1 Å². The maximum Gasteiger partial charge on any atom is 0.237 e. The molecule has 1 aliphatic rings. The standard InChI is InChI=1S/C13H17FN2O2.ClH/c14-11-6-9(3-4-10(11)8-17)7-16-13(18)12-2-1-5-15-12;/h3-4,6,12,15,17H,1-2,5,7-8H2,(H,16,18);1H. The summed E-state index contributed by atoms with van der Waals surface area (Å²) in [4.78, 5) is 11.7. The van der Waals surface area contributed by atoms with Gasteiger partial charge in [-0.05, 0) is 31.0 Å². The van der Waals surface area contributed by atoms with E-state index in [0.29, 0.717) is 12.1 Å². The first-order chi connectivity index (χ1) is 8.70. The fourth-order valence-electron chi connectivity index (χ4n) is 2.05. The minimum atomic E-state index is -0.441. The van der Waals surface area contributed by atoms with E-state index in [9.17, 15) is 9.18 Å². The second kappa shape index (κ2) is 7.43. The van der Waals surface area contributed by atoms with Gasteiger partial charge < -0.3 is 15.7 Å². The van der Waals surface area contributed by atoms with Crippen molar-refractivity contribution in [3.05, 3.63) is 35.1 Å². The minimum absolute atomic E-state index is 0. The van der Waals surface area contributed by atoms with Crippen molar-refractivity contribution in [3.8, 4) is 0 Å². The van der Waals surface area contributed by atoms with Gasteiger partial charge in [0.25, 0.3) is 0 Å². The van der Waals surface area contributed by atoms with Gasteiger partial charge in [-0.15, -0.1) is 12.4 Å². The molecule has 4 nitrogen and oxygen atoms in total. The van der Waals surface area contributed by atoms with Crippen molar-refractivity contribution in [2.24, 2.45) is 0 Å². The highest BCUT2D eigenvalue weighted by Crippen LogP contribution is 2.11. The highest BCUT2D eigenvalue weighted by atomic mass is 35.5. The monoisotopic (exact) mass is 288 g/mol. The summed E-state index contributed by atoms with van der Waals surface area (Å²) >= 11 is 0. The molecule has 1 aromatic carbocycles. The highest BCUT2D eigenvalue weighted by Gasteiger charge is 2.21. The quantitative estimate of drug-likeness (QED) is 0.778. The van der Waals surface area contributed by atoms with Gasteiger partial charge in [-0.1, -0.05) is 12.1 Å². The molecule has 0 bridgehead atoms. The molecular formula is C13H18ClFN2O2. The Hall–Kier alpha value is -1.17. The summed E-state index contributed by atoms with van der Waals surface area (Å²) in [7, 11) is 0. The number of aliphatic hydroxyl groups is 1. The van der Waals surface area contributed by atoms with Crippen LogP contribution >= 0.6 is 12.4 Å². The summed E-state index contributed by atoms with van der Waals surface area (Å²) in [5, 5.41) is 14.7. The second-order valence-electron chi connectivity index (χ2n) is 4.45. The summed E-state index contributed by atoms with van der Waals surface area (Å²) in [6.07, 6.45) is 1.86. The summed E-state index contributed by atoms with van der Waals surface area (Å²) < 4.78 is 13.4. The Kier molecular flexibility index (Phi) is 6.21. The molecule has 1 aromatic rings. The van der Waals surface area contributed by atoms with Crippen molar-refractivity contribution in [1.82, 2.24) is 10.6 Å². The average molecular weight is 289 g/mol. The van der Waals surface area contributed by atoms with Crippen LogP contribution in [-0.2, 0) is 17.9 Å². The summed E-state index contributed by atoms with van der Waals surface area (Å²) in [6.45, 7) is 0.863. The van der Waals surface area contributed by atoms with Crippen LogP contribution in [0, 0.1) is 5.82 Å². The fourth-order valence-corrected chi connectivity index (χ4v) is 2.05. The molecule has 1 unspecified atom stereocenters. The molecule has 1 aliphatic heterocycles. The number of nitrogens with one attached hydrogen (secondary N) is 2. The Labute approximate surface area is 117 Å². The van der Waals surface area contributed by atoms with E-state index in [1.165, 1.54) is 12.1 Å². The van der Waals surface area contributed by atoms with Crippen molar-refractivity contribution >= 4 is 18.3 Å². The second-order valence-corrected chi connectivity index (χ2v) is 4.45. The topological polar surface area (TPSA) is 61.4 Å². The summed E-state index contributed by atoms with van der Waals surface area (Å²) in [5.41, 5.74) is 0.957. The lowest BCUT2D eigenvalue weighted by Crippen LogP contribution is -2.40. The fraction of sp³-hybridized carbons (Fsp3) is 0.462. The van der Waals surface area contributed by atoms with E-state index in [2.05, 4.69) is 10.6 Å². The number of rotatable bonds is 4. The average Bonchev–Trinajstić information content (AvgIpc) is 2.90. The van der Waals surface area contributed by atoms with Crippen LogP contribution in [0.25, 0.3) is 0 Å². The maximum absolute atomic E-state index is 13.4. The van der Waals surface area contributed by atoms with Crippen molar-refractivity contribution in [2.75, 3.05) is 6.54 Å². The molecule has 0 aromatic heterocycles. The third-order valence-electron chi connectivity index (χ3n) is 3.13. The molecule has 0 radical (unpaired) electrons. The van der Waals surface area contributed by atoms with Gasteiger partial charge in [-0.25, -0.2) is 4.39 Å². The molecule has 6 heteroatoms. The molecule has 0 spiro atoms. The van der Waals surface area contributed by atoms with Crippen LogP contribution in [-0.4, -0.2) is 23.6 Å². The predicted octanol–water partition coefficient (Wildman–Crippen LogP) is 1.11. The molecule has 0 saturated carbocycles. The third kappa shape index (κ3) is 4.16. The Bertz CT molecular complexity index is 437. The molecule has 1 amide bonds. The SMILES string of the molecule is Cl.O=C(NCc1ccc(CO)c(F)c1)C1CCCN1. The van der Waals surface area contributed by atoms with E-state index < -0.39 is 5.82 Å². The van der Waals surface area contributed by atoms with Crippen molar-refractivity contribution in [2.45, 2.75) is 32.0 Å². The van der Waals surface area contributed by atoms with Crippen LogP contribution in [0.5, 0.6) is 0 Å². The van der Waals surface area contributed by atoms with Gasteiger partial charge in [0.15, 0.2) is 0 Å². The van der Waals surface area contributed by atoms with Crippen LogP contribution in [0.15, 0.2) is 18.2 Å². The Morgan fingerprint density at radius 2 is 2.32 bits per heavy atom. The van der Waals surface area contributed by atoms with E-state index >= 15 is 0 Å². The molecule has 1 saturated heterocycles. The number of carbonyl (C=O) groups excluding carboxylic acids is 1. The molecule has 1 fully saturated rings. The molecule has 1 heterocycles. The van der Waals surface area contributed by atoms with Gasteiger partial charge >= 0.3 is 0 Å². The zero-order valence-electron chi connectivity index (χ0n) is 10.5. The van der Waals surface area contributed by atoms with Crippen LogP contribution < -0.4 is 10.6 Å². The van der Waals surface area contributed by atoms with Crippen molar-refractivity contribution in [1.29, 1.82) is 0 Å². The number of carbonyl (C=O) groups is 1. The van der Waals surface area contributed by atoms with Crippen molar-refractivity contribution < 1.29 is 14.3 Å². The normalized spacial score (nSPS) is 17.9. The highest BCUT2D eigenvalue weighted by molar-refractivity contribution is 5.85.